The van der Waals surface area contributed by atoms with Gasteiger partial charge in [0.25, 0.3) is 0 Å². The van der Waals surface area contributed by atoms with Crippen LogP contribution in [0.3, 0.4) is 0 Å². The number of fused-ring (bicyclic) bond motifs is 1. The third kappa shape index (κ3) is 4.87. The molecular weight excluding hydrogens is 543 g/mol. The summed E-state index contributed by atoms with van der Waals surface area (Å²) in [6.07, 6.45) is 3.55. The summed E-state index contributed by atoms with van der Waals surface area (Å²) in [5.74, 6) is 1.55. The summed E-state index contributed by atoms with van der Waals surface area (Å²) in [6, 6.07) is 24.6. The molecular formula is C27H18Cl2N6O2S. The number of aromatic nitrogens is 5. The molecule has 0 unspecified atom stereocenters. The maximum Gasteiger partial charge on any atom is 0.216 e. The number of aromatic amines is 1. The molecule has 0 fully saturated rings. The van der Waals surface area contributed by atoms with Gasteiger partial charge in [0.15, 0.2) is 11.6 Å². The van der Waals surface area contributed by atoms with Crippen LogP contribution >= 0.6 is 35.4 Å². The highest BCUT2D eigenvalue weighted by Crippen LogP contribution is 2.30. The lowest BCUT2D eigenvalue weighted by Gasteiger charge is -2.07. The molecule has 0 amide bonds. The average Bonchev–Trinajstić information content (AvgIpc) is 3.64. The van der Waals surface area contributed by atoms with Gasteiger partial charge in [0.1, 0.15) is 23.6 Å². The predicted octanol–water partition coefficient (Wildman–Crippen LogP) is 7.31. The Hall–Kier alpha value is -4.18. The highest BCUT2D eigenvalue weighted by Gasteiger charge is 2.16. The van der Waals surface area contributed by atoms with E-state index in [0.717, 1.165) is 22.2 Å². The molecule has 11 heteroatoms. The first-order chi connectivity index (χ1) is 18.5. The van der Waals surface area contributed by atoms with Gasteiger partial charge < -0.3 is 9.15 Å². The molecule has 38 heavy (non-hydrogen) atoms. The second kappa shape index (κ2) is 10.3. The van der Waals surface area contributed by atoms with Crippen molar-refractivity contribution in [3.63, 3.8) is 0 Å². The van der Waals surface area contributed by atoms with Gasteiger partial charge in [-0.3, -0.25) is 0 Å². The Morgan fingerprint density at radius 2 is 1.84 bits per heavy atom. The largest absolute Gasteiger partial charge is 0.484 e. The number of nitrogens with zero attached hydrogens (tertiary/aromatic N) is 5. The Bertz CT molecular complexity index is 1800. The molecule has 0 aliphatic carbocycles. The fourth-order valence-corrected chi connectivity index (χ4v) is 4.54. The Morgan fingerprint density at radius 3 is 2.66 bits per heavy atom. The van der Waals surface area contributed by atoms with Crippen LogP contribution in [0.25, 0.3) is 28.1 Å². The quantitative estimate of drug-likeness (QED) is 0.163. The van der Waals surface area contributed by atoms with E-state index in [1.807, 2.05) is 66.9 Å². The van der Waals surface area contributed by atoms with Crippen molar-refractivity contribution in [3.05, 3.63) is 111 Å². The van der Waals surface area contributed by atoms with Gasteiger partial charge in [-0.2, -0.15) is 20.0 Å². The zero-order chi connectivity index (χ0) is 26.1. The summed E-state index contributed by atoms with van der Waals surface area (Å²) < 4.78 is 15.5. The van der Waals surface area contributed by atoms with Crippen molar-refractivity contribution >= 4 is 52.6 Å². The molecule has 0 saturated heterocycles. The second-order valence-electron chi connectivity index (χ2n) is 8.23. The Kier molecular flexibility index (Phi) is 6.55. The zero-order valence-corrected chi connectivity index (χ0v) is 21.9. The molecule has 6 aromatic rings. The smallest absolute Gasteiger partial charge is 0.216 e. The standard InChI is InChI=1S/C27H18Cl2N6O2S/c28-19-10-11-23(21(29)13-19)36-16-25-31-32-27(38)35(25)30-14-18-15-34(20-7-2-1-3-8-20)33-26(18)24-12-17-6-4-5-9-22(17)37-24/h1-15H,16H2,(H,32,38)/b30-14+. The predicted molar refractivity (Wildman–Crippen MR) is 150 cm³/mol. The van der Waals surface area contributed by atoms with Crippen LogP contribution in [0.15, 0.2) is 94.6 Å². The van der Waals surface area contributed by atoms with Crippen LogP contribution in [-0.4, -0.2) is 30.9 Å². The molecule has 1 N–H and O–H groups in total. The molecule has 6 rings (SSSR count). The molecule has 3 aromatic carbocycles. The molecule has 188 valence electrons. The molecule has 3 aromatic heterocycles. The van der Waals surface area contributed by atoms with Crippen molar-refractivity contribution in [1.82, 2.24) is 24.7 Å². The SMILES string of the molecule is S=c1[nH]nc(COc2ccc(Cl)cc2Cl)n1/N=C/c1cn(-c2ccccc2)nc1-c1cc2ccccc2o1. The first-order valence-electron chi connectivity index (χ1n) is 11.5. The van der Waals surface area contributed by atoms with Crippen LogP contribution in [0.1, 0.15) is 11.4 Å². The number of benzene rings is 3. The molecule has 3 heterocycles. The minimum Gasteiger partial charge on any atom is -0.484 e. The summed E-state index contributed by atoms with van der Waals surface area (Å²) in [7, 11) is 0. The summed E-state index contributed by atoms with van der Waals surface area (Å²) in [4.78, 5) is 0. The van der Waals surface area contributed by atoms with Gasteiger partial charge >= 0.3 is 0 Å². The van der Waals surface area contributed by atoms with Gasteiger partial charge in [-0.1, -0.05) is 59.6 Å². The van der Waals surface area contributed by atoms with E-state index in [0.29, 0.717) is 37.8 Å². The summed E-state index contributed by atoms with van der Waals surface area (Å²) in [5.41, 5.74) is 3.04. The van der Waals surface area contributed by atoms with Crippen LogP contribution in [0.4, 0.5) is 0 Å². The van der Waals surface area contributed by atoms with E-state index in [2.05, 4.69) is 15.3 Å². The first-order valence-corrected chi connectivity index (χ1v) is 12.6. The monoisotopic (exact) mass is 560 g/mol. The van der Waals surface area contributed by atoms with E-state index in [-0.39, 0.29) is 6.61 Å². The Morgan fingerprint density at radius 1 is 1.03 bits per heavy atom. The number of H-pyrrole nitrogens is 1. The number of halogens is 2. The Balaban J connectivity index is 1.35. The van der Waals surface area contributed by atoms with Crippen LogP contribution in [0.2, 0.25) is 10.0 Å². The summed E-state index contributed by atoms with van der Waals surface area (Å²) in [6.45, 7) is 0.0749. The molecule has 0 radical (unpaired) electrons. The van der Waals surface area contributed by atoms with E-state index in [1.165, 1.54) is 4.68 Å². The van der Waals surface area contributed by atoms with Gasteiger partial charge in [0.05, 0.1) is 16.9 Å². The summed E-state index contributed by atoms with van der Waals surface area (Å²) in [5, 5.41) is 18.3. The minimum absolute atomic E-state index is 0.0749. The van der Waals surface area contributed by atoms with Crippen molar-refractivity contribution < 1.29 is 9.15 Å². The van der Waals surface area contributed by atoms with Crippen LogP contribution < -0.4 is 4.74 Å². The van der Waals surface area contributed by atoms with Crippen LogP contribution in [0.5, 0.6) is 5.75 Å². The first kappa shape index (κ1) is 24.2. The lowest BCUT2D eigenvalue weighted by atomic mass is 10.2. The number of ether oxygens (including phenoxy) is 1. The topological polar surface area (TPSA) is 86.2 Å². The van der Waals surface area contributed by atoms with Crippen molar-refractivity contribution in [1.29, 1.82) is 0 Å². The third-order valence-corrected chi connectivity index (χ3v) is 6.50. The molecule has 0 aliphatic heterocycles. The van der Waals surface area contributed by atoms with Crippen molar-refractivity contribution in [2.24, 2.45) is 5.10 Å². The van der Waals surface area contributed by atoms with E-state index in [1.54, 1.807) is 29.1 Å². The fraction of sp³-hybridized carbons (Fsp3) is 0.0370. The lowest BCUT2D eigenvalue weighted by molar-refractivity contribution is 0.291. The van der Waals surface area contributed by atoms with E-state index >= 15 is 0 Å². The molecule has 0 saturated carbocycles. The number of para-hydroxylation sites is 2. The van der Waals surface area contributed by atoms with Gasteiger partial charge in [0.2, 0.25) is 4.77 Å². The van der Waals surface area contributed by atoms with E-state index in [9.17, 15) is 0 Å². The number of furan rings is 1. The van der Waals surface area contributed by atoms with E-state index < -0.39 is 0 Å². The number of hydrogen-bond donors (Lipinski definition) is 1. The zero-order valence-electron chi connectivity index (χ0n) is 19.6. The molecule has 0 atom stereocenters. The molecule has 0 bridgehead atoms. The van der Waals surface area contributed by atoms with Gasteiger partial charge in [-0.15, -0.1) is 0 Å². The Labute approximate surface area is 231 Å². The highest BCUT2D eigenvalue weighted by atomic mass is 35.5. The number of nitrogens with one attached hydrogen (secondary N) is 1. The lowest BCUT2D eigenvalue weighted by Crippen LogP contribution is -2.04. The normalized spacial score (nSPS) is 11.5. The van der Waals surface area contributed by atoms with Gasteiger partial charge in [0, 0.05) is 22.2 Å². The summed E-state index contributed by atoms with van der Waals surface area (Å²) >= 11 is 17.6. The van der Waals surface area contributed by atoms with Gasteiger partial charge in [-0.05, 0) is 54.7 Å². The highest BCUT2D eigenvalue weighted by molar-refractivity contribution is 7.71. The van der Waals surface area contributed by atoms with Crippen LogP contribution in [0, 0.1) is 4.77 Å². The van der Waals surface area contributed by atoms with Crippen molar-refractivity contribution in [2.45, 2.75) is 6.61 Å². The van der Waals surface area contributed by atoms with Gasteiger partial charge in [-0.25, -0.2) is 9.78 Å². The minimum atomic E-state index is 0.0749. The maximum absolute atomic E-state index is 6.23. The van der Waals surface area contributed by atoms with E-state index in [4.69, 9.17) is 49.7 Å². The fourth-order valence-electron chi connectivity index (χ4n) is 3.88. The average molecular weight is 561 g/mol. The number of rotatable bonds is 7. The van der Waals surface area contributed by atoms with Crippen LogP contribution in [-0.2, 0) is 6.61 Å². The van der Waals surface area contributed by atoms with Crippen molar-refractivity contribution in [2.75, 3.05) is 0 Å². The molecule has 0 spiro atoms. The maximum atomic E-state index is 6.23. The third-order valence-electron chi connectivity index (χ3n) is 5.70. The van der Waals surface area contributed by atoms with Crippen molar-refractivity contribution in [3.8, 4) is 22.9 Å². The second-order valence-corrected chi connectivity index (χ2v) is 9.46. The number of hydrogen-bond acceptors (Lipinski definition) is 6. The molecule has 0 aliphatic rings. The molecule has 8 nitrogen and oxygen atoms in total.